The summed E-state index contributed by atoms with van der Waals surface area (Å²) >= 11 is 0. The summed E-state index contributed by atoms with van der Waals surface area (Å²) < 4.78 is 5.28. The van der Waals surface area contributed by atoms with Gasteiger partial charge in [0, 0.05) is 5.69 Å². The number of carboxylic acids is 1. The predicted molar refractivity (Wildman–Crippen MR) is 71.1 cm³/mol. The van der Waals surface area contributed by atoms with Gasteiger partial charge in [0.2, 0.25) is 0 Å². The molecule has 0 unspecified atom stereocenters. The molecule has 104 valence electrons. The van der Waals surface area contributed by atoms with E-state index in [-0.39, 0.29) is 11.4 Å². The zero-order valence-corrected chi connectivity index (χ0v) is 10.7. The Hall–Kier alpha value is -2.83. The van der Waals surface area contributed by atoms with Gasteiger partial charge in [-0.25, -0.2) is 9.78 Å². The van der Waals surface area contributed by atoms with Crippen molar-refractivity contribution in [2.45, 2.75) is 6.92 Å². The van der Waals surface area contributed by atoms with Crippen LogP contribution in [0, 0.1) is 0 Å². The lowest BCUT2D eigenvalue weighted by molar-refractivity contribution is 0.0686. The number of anilines is 1. The highest BCUT2D eigenvalue weighted by molar-refractivity contribution is 6.08. The van der Waals surface area contributed by atoms with Crippen molar-refractivity contribution in [3.63, 3.8) is 0 Å². The van der Waals surface area contributed by atoms with Crippen LogP contribution in [-0.2, 0) is 0 Å². The average Bonchev–Trinajstić information content (AvgIpc) is 2.91. The second-order valence-electron chi connectivity index (χ2n) is 3.84. The molecule has 0 saturated heterocycles. The first kappa shape index (κ1) is 13.6. The number of carboxylic acid groups (broad SMARTS) is 1. The second-order valence-corrected chi connectivity index (χ2v) is 3.84. The normalized spacial score (nSPS) is 10.1. The van der Waals surface area contributed by atoms with Crippen LogP contribution in [-0.4, -0.2) is 33.6 Å². The highest BCUT2D eigenvalue weighted by Gasteiger charge is 2.19. The summed E-state index contributed by atoms with van der Waals surface area (Å²) in [6.07, 6.45) is 1.16. The Morgan fingerprint density at radius 2 is 2.05 bits per heavy atom. The van der Waals surface area contributed by atoms with Crippen LogP contribution < -0.4 is 10.1 Å². The van der Waals surface area contributed by atoms with Gasteiger partial charge >= 0.3 is 5.97 Å². The van der Waals surface area contributed by atoms with E-state index < -0.39 is 11.9 Å². The molecule has 20 heavy (non-hydrogen) atoms. The molecule has 0 aliphatic carbocycles. The number of ether oxygens (including phenoxy) is 1. The molecule has 7 nitrogen and oxygen atoms in total. The largest absolute Gasteiger partial charge is 0.494 e. The zero-order chi connectivity index (χ0) is 14.5. The van der Waals surface area contributed by atoms with E-state index in [4.69, 9.17) is 9.84 Å². The number of benzene rings is 1. The fraction of sp³-hybridized carbons (Fsp3) is 0.154. The number of aromatic amines is 1. The molecule has 0 fully saturated rings. The van der Waals surface area contributed by atoms with Crippen LogP contribution in [0.5, 0.6) is 5.75 Å². The number of carbonyl (C=O) groups excluding carboxylic acids is 1. The van der Waals surface area contributed by atoms with E-state index in [9.17, 15) is 9.59 Å². The van der Waals surface area contributed by atoms with Gasteiger partial charge in [-0.2, -0.15) is 0 Å². The quantitative estimate of drug-likeness (QED) is 0.771. The van der Waals surface area contributed by atoms with Crippen LogP contribution in [0.1, 0.15) is 27.9 Å². The monoisotopic (exact) mass is 275 g/mol. The summed E-state index contributed by atoms with van der Waals surface area (Å²) in [4.78, 5) is 28.9. The number of carbonyl (C=O) groups is 2. The van der Waals surface area contributed by atoms with Crippen molar-refractivity contribution in [2.24, 2.45) is 0 Å². The van der Waals surface area contributed by atoms with Crippen molar-refractivity contribution in [3.05, 3.63) is 42.0 Å². The molecule has 0 bridgehead atoms. The minimum atomic E-state index is -1.24. The Bertz CT molecular complexity index is 619. The number of H-pyrrole nitrogens is 1. The van der Waals surface area contributed by atoms with Gasteiger partial charge in [-0.3, -0.25) is 4.79 Å². The van der Waals surface area contributed by atoms with Gasteiger partial charge in [-0.15, -0.1) is 0 Å². The number of amides is 1. The maximum Gasteiger partial charge on any atom is 0.354 e. The van der Waals surface area contributed by atoms with Crippen LogP contribution in [0.4, 0.5) is 5.69 Å². The summed E-state index contributed by atoms with van der Waals surface area (Å²) in [6, 6.07) is 6.75. The molecule has 1 heterocycles. The highest BCUT2D eigenvalue weighted by atomic mass is 16.5. The third-order valence-electron chi connectivity index (χ3n) is 2.49. The van der Waals surface area contributed by atoms with Crippen molar-refractivity contribution in [1.82, 2.24) is 9.97 Å². The maximum atomic E-state index is 11.9. The second kappa shape index (κ2) is 5.87. The van der Waals surface area contributed by atoms with Gasteiger partial charge in [0.05, 0.1) is 12.9 Å². The predicted octanol–water partition coefficient (Wildman–Crippen LogP) is 1.76. The average molecular weight is 275 g/mol. The van der Waals surface area contributed by atoms with Gasteiger partial charge in [-0.05, 0) is 31.2 Å². The SMILES string of the molecule is CCOc1ccc(NC(=O)c2nc[nH]c2C(=O)O)cc1. The number of nitrogens with one attached hydrogen (secondary N) is 2. The summed E-state index contributed by atoms with van der Waals surface area (Å²) in [5.74, 6) is -1.14. The molecule has 2 rings (SSSR count). The standard InChI is InChI=1S/C13H13N3O4/c1-2-20-9-5-3-8(4-6-9)16-12(17)10-11(13(18)19)15-7-14-10/h3-7H,2H2,1H3,(H,14,15)(H,16,17)(H,18,19). The molecule has 7 heteroatoms. The van der Waals surface area contributed by atoms with Crippen LogP contribution in [0.25, 0.3) is 0 Å². The molecule has 0 spiro atoms. The number of hydrogen-bond donors (Lipinski definition) is 3. The lowest BCUT2D eigenvalue weighted by Crippen LogP contribution is -2.16. The number of hydrogen-bond acceptors (Lipinski definition) is 4. The van der Waals surface area contributed by atoms with Gasteiger partial charge in [0.25, 0.3) is 5.91 Å². The topological polar surface area (TPSA) is 104 Å². The molecule has 0 aliphatic rings. The van der Waals surface area contributed by atoms with E-state index in [0.29, 0.717) is 18.0 Å². The van der Waals surface area contributed by atoms with Crippen molar-refractivity contribution in [2.75, 3.05) is 11.9 Å². The van der Waals surface area contributed by atoms with E-state index in [0.717, 1.165) is 6.33 Å². The van der Waals surface area contributed by atoms with Crippen LogP contribution in [0.15, 0.2) is 30.6 Å². The molecular weight excluding hydrogens is 262 g/mol. The van der Waals surface area contributed by atoms with Crippen molar-refractivity contribution in [3.8, 4) is 5.75 Å². The molecule has 0 aliphatic heterocycles. The van der Waals surface area contributed by atoms with Crippen LogP contribution >= 0.6 is 0 Å². The Balaban J connectivity index is 2.11. The number of imidazole rings is 1. The molecule has 3 N–H and O–H groups in total. The van der Waals surface area contributed by atoms with E-state index >= 15 is 0 Å². The Morgan fingerprint density at radius 3 is 2.65 bits per heavy atom. The third-order valence-corrected chi connectivity index (χ3v) is 2.49. The van der Waals surface area contributed by atoms with E-state index in [1.807, 2.05) is 6.92 Å². The number of nitrogens with zero attached hydrogens (tertiary/aromatic N) is 1. The Morgan fingerprint density at radius 1 is 1.35 bits per heavy atom. The summed E-state index contributed by atoms with van der Waals surface area (Å²) in [6.45, 7) is 2.43. The van der Waals surface area contributed by atoms with Gasteiger partial charge in [-0.1, -0.05) is 0 Å². The summed E-state index contributed by atoms with van der Waals surface area (Å²) in [5.41, 5.74) is 0.123. The molecule has 1 aromatic carbocycles. The van der Waals surface area contributed by atoms with E-state index in [2.05, 4.69) is 15.3 Å². The molecule has 1 amide bonds. The van der Waals surface area contributed by atoms with Crippen LogP contribution in [0.3, 0.4) is 0 Å². The van der Waals surface area contributed by atoms with Crippen molar-refractivity contribution in [1.29, 1.82) is 0 Å². The molecule has 0 saturated carbocycles. The molecular formula is C13H13N3O4. The van der Waals surface area contributed by atoms with E-state index in [1.54, 1.807) is 24.3 Å². The summed E-state index contributed by atoms with van der Waals surface area (Å²) in [5, 5.41) is 11.5. The summed E-state index contributed by atoms with van der Waals surface area (Å²) in [7, 11) is 0. The third kappa shape index (κ3) is 2.94. The molecule has 0 radical (unpaired) electrons. The van der Waals surface area contributed by atoms with Crippen LogP contribution in [0.2, 0.25) is 0 Å². The smallest absolute Gasteiger partial charge is 0.354 e. The fourth-order valence-electron chi connectivity index (χ4n) is 1.62. The Kier molecular flexibility index (Phi) is 3.99. The van der Waals surface area contributed by atoms with E-state index in [1.165, 1.54) is 0 Å². The zero-order valence-electron chi connectivity index (χ0n) is 10.7. The maximum absolute atomic E-state index is 11.9. The lowest BCUT2D eigenvalue weighted by atomic mass is 10.2. The number of aromatic nitrogens is 2. The highest BCUT2D eigenvalue weighted by Crippen LogP contribution is 2.16. The minimum absolute atomic E-state index is 0.161. The van der Waals surface area contributed by atoms with Crippen molar-refractivity contribution < 1.29 is 19.4 Å². The van der Waals surface area contributed by atoms with Crippen molar-refractivity contribution >= 4 is 17.6 Å². The molecule has 0 atom stereocenters. The van der Waals surface area contributed by atoms with Gasteiger partial charge < -0.3 is 20.1 Å². The first-order valence-corrected chi connectivity index (χ1v) is 5.92. The molecule has 2 aromatic rings. The minimum Gasteiger partial charge on any atom is -0.494 e. The Labute approximate surface area is 114 Å². The first-order chi connectivity index (χ1) is 9.61. The van der Waals surface area contributed by atoms with Gasteiger partial charge in [0.1, 0.15) is 5.75 Å². The lowest BCUT2D eigenvalue weighted by Gasteiger charge is -2.06. The molecule has 1 aromatic heterocycles. The fourth-order valence-corrected chi connectivity index (χ4v) is 1.62. The number of aromatic carboxylic acids is 1. The first-order valence-electron chi connectivity index (χ1n) is 5.92. The van der Waals surface area contributed by atoms with Gasteiger partial charge in [0.15, 0.2) is 11.4 Å². The number of rotatable bonds is 5.